The predicted octanol–water partition coefficient (Wildman–Crippen LogP) is 3.66. The quantitative estimate of drug-likeness (QED) is 0.877. The second-order valence-corrected chi connectivity index (χ2v) is 6.15. The lowest BCUT2D eigenvalue weighted by molar-refractivity contribution is -0.174. The molecule has 0 saturated carbocycles. The number of alkyl halides is 3. The number of nitrogens with one attached hydrogen (secondary N) is 2. The molecule has 3 atom stereocenters. The Bertz CT molecular complexity index is 739. The zero-order chi connectivity index (χ0) is 18.2. The summed E-state index contributed by atoms with van der Waals surface area (Å²) in [5.74, 6) is 0.0603. The maximum absolute atomic E-state index is 13.5. The highest BCUT2D eigenvalue weighted by atomic mass is 19.4. The largest absolute Gasteiger partial charge is 0.467 e. The fourth-order valence-corrected chi connectivity index (χ4v) is 2.76. The van der Waals surface area contributed by atoms with E-state index in [9.17, 15) is 18.0 Å². The van der Waals surface area contributed by atoms with Gasteiger partial charge in [0.05, 0.1) is 12.3 Å². The highest BCUT2D eigenvalue weighted by molar-refractivity contribution is 5.93. The van der Waals surface area contributed by atoms with Crippen LogP contribution in [0.3, 0.4) is 0 Å². The number of furan rings is 1. The first-order valence-corrected chi connectivity index (χ1v) is 8.06. The van der Waals surface area contributed by atoms with Crippen LogP contribution in [0.15, 0.2) is 28.9 Å². The number of fused-ring (bicyclic) bond motifs is 1. The van der Waals surface area contributed by atoms with Crippen molar-refractivity contribution in [3.8, 4) is 0 Å². The molecule has 0 radical (unpaired) electrons. The summed E-state index contributed by atoms with van der Waals surface area (Å²) < 4.78 is 46.5. The van der Waals surface area contributed by atoms with E-state index < -0.39 is 24.2 Å². The van der Waals surface area contributed by atoms with Crippen molar-refractivity contribution in [3.63, 3.8) is 0 Å². The van der Waals surface area contributed by atoms with Crippen LogP contribution in [-0.4, -0.2) is 27.9 Å². The Morgan fingerprint density at radius 2 is 2.32 bits per heavy atom. The number of hydrogen-bond donors (Lipinski definition) is 2. The number of hydrogen-bond acceptors (Lipinski definition) is 4. The average Bonchev–Trinajstić information content (AvgIpc) is 3.21. The third-order valence-electron chi connectivity index (χ3n) is 4.30. The Labute approximate surface area is 142 Å². The van der Waals surface area contributed by atoms with Crippen LogP contribution in [-0.2, 0) is 0 Å². The molecule has 1 aliphatic heterocycles. The van der Waals surface area contributed by atoms with Crippen LogP contribution in [0, 0.1) is 0 Å². The molecule has 3 heterocycles. The first-order chi connectivity index (χ1) is 11.8. The van der Waals surface area contributed by atoms with E-state index in [1.54, 1.807) is 12.1 Å². The van der Waals surface area contributed by atoms with Gasteiger partial charge < -0.3 is 15.1 Å². The number of rotatable bonds is 4. The fraction of sp³-hybridized carbons (Fsp3) is 0.500. The van der Waals surface area contributed by atoms with E-state index in [1.807, 2.05) is 13.8 Å². The van der Waals surface area contributed by atoms with E-state index in [0.717, 1.165) is 4.68 Å². The Morgan fingerprint density at radius 3 is 2.92 bits per heavy atom. The molecule has 0 unspecified atom stereocenters. The zero-order valence-corrected chi connectivity index (χ0v) is 13.8. The summed E-state index contributed by atoms with van der Waals surface area (Å²) in [6.45, 7) is 3.72. The number of carbonyl (C=O) groups is 1. The number of aromatic nitrogens is 2. The Balaban J connectivity index is 1.92. The van der Waals surface area contributed by atoms with Crippen molar-refractivity contribution in [1.82, 2.24) is 15.1 Å². The van der Waals surface area contributed by atoms with E-state index in [-0.39, 0.29) is 24.0 Å². The molecule has 0 saturated heterocycles. The number of anilines is 1. The number of amides is 1. The highest BCUT2D eigenvalue weighted by Gasteiger charge is 2.47. The van der Waals surface area contributed by atoms with Gasteiger partial charge in [0.15, 0.2) is 11.7 Å². The average molecular weight is 356 g/mol. The van der Waals surface area contributed by atoms with Gasteiger partial charge in [-0.2, -0.15) is 18.3 Å². The van der Waals surface area contributed by atoms with Gasteiger partial charge in [0.2, 0.25) is 0 Å². The van der Waals surface area contributed by atoms with E-state index in [0.29, 0.717) is 12.2 Å². The van der Waals surface area contributed by atoms with Crippen molar-refractivity contribution in [3.05, 3.63) is 35.9 Å². The van der Waals surface area contributed by atoms with Gasteiger partial charge in [0.1, 0.15) is 11.6 Å². The van der Waals surface area contributed by atoms with Crippen LogP contribution in [0.2, 0.25) is 0 Å². The molecule has 2 N–H and O–H groups in total. The molecule has 2 aromatic rings. The molecule has 6 nitrogen and oxygen atoms in total. The lowest BCUT2D eigenvalue weighted by Gasteiger charge is -2.32. The van der Waals surface area contributed by atoms with Crippen molar-refractivity contribution in [2.75, 3.05) is 5.32 Å². The van der Waals surface area contributed by atoms with Gasteiger partial charge in [-0.15, -0.1) is 0 Å². The van der Waals surface area contributed by atoms with Gasteiger partial charge in [0, 0.05) is 18.5 Å². The normalized spacial score (nSPS) is 21.3. The summed E-state index contributed by atoms with van der Waals surface area (Å²) in [5, 5.41) is 9.57. The first kappa shape index (κ1) is 17.4. The Morgan fingerprint density at radius 1 is 1.56 bits per heavy atom. The molecule has 0 bridgehead atoms. The highest BCUT2D eigenvalue weighted by Crippen LogP contribution is 2.43. The summed E-state index contributed by atoms with van der Waals surface area (Å²) in [7, 11) is 0. The van der Waals surface area contributed by atoms with Crippen molar-refractivity contribution in [2.45, 2.75) is 51.0 Å². The molecule has 2 aromatic heterocycles. The maximum Gasteiger partial charge on any atom is 0.410 e. The smallest absolute Gasteiger partial charge is 0.410 e. The summed E-state index contributed by atoms with van der Waals surface area (Å²) >= 11 is 0. The van der Waals surface area contributed by atoms with Crippen molar-refractivity contribution in [2.24, 2.45) is 0 Å². The fourth-order valence-electron chi connectivity index (χ4n) is 2.76. The van der Waals surface area contributed by atoms with E-state index in [1.165, 1.54) is 12.3 Å². The van der Waals surface area contributed by atoms with Crippen LogP contribution >= 0.6 is 0 Å². The maximum atomic E-state index is 13.5. The molecule has 1 amide bonds. The molecule has 136 valence electrons. The second-order valence-electron chi connectivity index (χ2n) is 6.15. The van der Waals surface area contributed by atoms with Crippen LogP contribution in [0.4, 0.5) is 19.0 Å². The van der Waals surface area contributed by atoms with Gasteiger partial charge >= 0.3 is 6.18 Å². The SMILES string of the molecule is CC[C@H](C)NC(=O)c1cc2n(n1)[C@H](C(F)(F)F)C[C@H](c1ccco1)N2. The van der Waals surface area contributed by atoms with Gasteiger partial charge in [-0.1, -0.05) is 6.92 Å². The van der Waals surface area contributed by atoms with Gasteiger partial charge in [0.25, 0.3) is 5.91 Å². The minimum Gasteiger partial charge on any atom is -0.467 e. The summed E-state index contributed by atoms with van der Waals surface area (Å²) in [6, 6.07) is 2.02. The summed E-state index contributed by atoms with van der Waals surface area (Å²) in [6.07, 6.45) is -2.63. The molecule has 3 rings (SSSR count). The van der Waals surface area contributed by atoms with Crippen molar-refractivity contribution >= 4 is 11.7 Å². The third-order valence-corrected chi connectivity index (χ3v) is 4.30. The third kappa shape index (κ3) is 3.49. The number of nitrogens with zero attached hydrogens (tertiary/aromatic N) is 2. The lowest BCUT2D eigenvalue weighted by atomic mass is 10.0. The molecule has 0 fully saturated rings. The molecular formula is C16H19F3N4O2. The first-order valence-electron chi connectivity index (χ1n) is 8.06. The van der Waals surface area contributed by atoms with E-state index in [4.69, 9.17) is 4.42 Å². The van der Waals surface area contributed by atoms with Crippen LogP contribution < -0.4 is 10.6 Å². The van der Waals surface area contributed by atoms with E-state index >= 15 is 0 Å². The zero-order valence-electron chi connectivity index (χ0n) is 13.8. The van der Waals surface area contributed by atoms with Crippen molar-refractivity contribution in [1.29, 1.82) is 0 Å². The number of carbonyl (C=O) groups excluding carboxylic acids is 1. The lowest BCUT2D eigenvalue weighted by Crippen LogP contribution is -2.36. The standard InChI is InChI=1S/C16H19F3N4O2/c1-3-9(2)20-15(24)11-8-14-21-10(12-5-4-6-25-12)7-13(16(17,18)19)23(14)22-11/h4-6,8-10,13,21H,3,7H2,1-2H3,(H,20,24)/t9-,10+,13-/m0/s1. The minimum absolute atomic E-state index is 0.0443. The topological polar surface area (TPSA) is 72.1 Å². The minimum atomic E-state index is -4.49. The van der Waals surface area contributed by atoms with Crippen LogP contribution in [0.1, 0.15) is 55.0 Å². The van der Waals surface area contributed by atoms with Gasteiger partial charge in [-0.3, -0.25) is 4.79 Å². The van der Waals surface area contributed by atoms with Crippen LogP contribution in [0.5, 0.6) is 0 Å². The number of halogens is 3. The van der Waals surface area contributed by atoms with Crippen molar-refractivity contribution < 1.29 is 22.4 Å². The van der Waals surface area contributed by atoms with Crippen LogP contribution in [0.25, 0.3) is 0 Å². The molecule has 1 aliphatic rings. The molecule has 25 heavy (non-hydrogen) atoms. The Kier molecular flexibility index (Phi) is 4.49. The van der Waals surface area contributed by atoms with Gasteiger partial charge in [-0.25, -0.2) is 4.68 Å². The second kappa shape index (κ2) is 6.45. The molecule has 9 heteroatoms. The molecular weight excluding hydrogens is 337 g/mol. The predicted molar refractivity (Wildman–Crippen MR) is 84.2 cm³/mol. The molecule has 0 aliphatic carbocycles. The summed E-state index contributed by atoms with van der Waals surface area (Å²) in [5.41, 5.74) is -0.0443. The monoisotopic (exact) mass is 356 g/mol. The summed E-state index contributed by atoms with van der Waals surface area (Å²) in [4.78, 5) is 12.2. The van der Waals surface area contributed by atoms with Gasteiger partial charge in [-0.05, 0) is 25.5 Å². The molecule has 0 aromatic carbocycles. The van der Waals surface area contributed by atoms with E-state index in [2.05, 4.69) is 15.7 Å². The Hall–Kier alpha value is -2.45. The molecule has 0 spiro atoms.